The van der Waals surface area contributed by atoms with E-state index >= 15 is 0 Å². The number of carbonyl (C=O) groups is 1. The fraction of sp³-hybridized carbons (Fsp3) is 0.625. The first-order valence-corrected chi connectivity index (χ1v) is 3.86. The van der Waals surface area contributed by atoms with Gasteiger partial charge in [-0.3, -0.25) is 0 Å². The summed E-state index contributed by atoms with van der Waals surface area (Å²) in [6, 6.07) is 0. The van der Waals surface area contributed by atoms with Crippen molar-refractivity contribution in [1.29, 1.82) is 0 Å². The van der Waals surface area contributed by atoms with E-state index in [0.717, 1.165) is 20.1 Å². The van der Waals surface area contributed by atoms with Crippen LogP contribution in [0.5, 0.6) is 0 Å². The Bertz CT molecular complexity index is 170. The van der Waals surface area contributed by atoms with Crippen LogP contribution in [-0.4, -0.2) is 36.0 Å². The molecule has 1 heterocycles. The summed E-state index contributed by atoms with van der Waals surface area (Å²) in [5.41, 5.74) is 0. The molecule has 5 heteroatoms. The van der Waals surface area contributed by atoms with Crippen LogP contribution >= 0.6 is 0 Å². The molecular weight excluding hydrogens is 179 g/mol. The minimum absolute atomic E-state index is 0. The van der Waals surface area contributed by atoms with Gasteiger partial charge < -0.3 is 19.7 Å². The number of carbonyl (C=O) groups excluding carboxylic acids is 1. The van der Waals surface area contributed by atoms with Gasteiger partial charge in [0.2, 0.25) is 0 Å². The fourth-order valence-electron chi connectivity index (χ4n) is 0.794. The van der Waals surface area contributed by atoms with Crippen molar-refractivity contribution in [3.8, 4) is 0 Å². The third-order valence-electron chi connectivity index (χ3n) is 1.34. The van der Waals surface area contributed by atoms with Crippen molar-refractivity contribution in [3.05, 3.63) is 12.4 Å². The van der Waals surface area contributed by atoms with E-state index in [1.165, 1.54) is 0 Å². The quantitative estimate of drug-likeness (QED) is 0.405. The van der Waals surface area contributed by atoms with Crippen molar-refractivity contribution in [2.45, 2.75) is 13.8 Å². The maximum absolute atomic E-state index is 8.89. The zero-order chi connectivity index (χ0) is 9.56. The van der Waals surface area contributed by atoms with Crippen molar-refractivity contribution in [1.82, 2.24) is 9.80 Å². The van der Waals surface area contributed by atoms with E-state index in [1.807, 2.05) is 0 Å². The van der Waals surface area contributed by atoms with Crippen LogP contribution < -0.4 is 34.7 Å². The Hall–Kier alpha value is -0.190. The van der Waals surface area contributed by atoms with E-state index in [0.29, 0.717) is 0 Å². The predicted octanol–water partition coefficient (Wildman–Crippen LogP) is -3.56. The van der Waals surface area contributed by atoms with Gasteiger partial charge in [-0.25, -0.2) is 0 Å². The Morgan fingerprint density at radius 2 is 2.00 bits per heavy atom. The van der Waals surface area contributed by atoms with E-state index in [4.69, 9.17) is 9.90 Å². The van der Waals surface area contributed by atoms with Crippen molar-refractivity contribution < 1.29 is 39.5 Å². The van der Waals surface area contributed by atoms with Crippen LogP contribution in [0, 0.1) is 0 Å². The molecular formula is C8H15N2NaO2. The maximum Gasteiger partial charge on any atom is 1.00 e. The van der Waals surface area contributed by atoms with E-state index in [9.17, 15) is 0 Å². The fourth-order valence-corrected chi connectivity index (χ4v) is 0.794. The van der Waals surface area contributed by atoms with Crippen LogP contribution in [0.1, 0.15) is 13.8 Å². The molecule has 0 amide bonds. The van der Waals surface area contributed by atoms with Crippen LogP contribution in [0.2, 0.25) is 0 Å². The summed E-state index contributed by atoms with van der Waals surface area (Å²) in [4.78, 5) is 13.3. The molecule has 0 aromatic carbocycles. The van der Waals surface area contributed by atoms with E-state index in [1.54, 1.807) is 0 Å². The number of rotatable bonds is 1. The first kappa shape index (κ1) is 15.3. The standard InChI is InChI=1S/C6H12N2.C2H4O2.Na/c1-3-8-5-4-7(2)6-8;1-2(3)4;/h4-5H,3,6H2,1-2H3;1H3,(H,3,4);/q;;+1/p-1. The van der Waals surface area contributed by atoms with Crippen LogP contribution in [0.25, 0.3) is 0 Å². The van der Waals surface area contributed by atoms with Gasteiger partial charge in [-0.05, 0) is 13.8 Å². The van der Waals surface area contributed by atoms with Gasteiger partial charge in [0.15, 0.2) is 0 Å². The topological polar surface area (TPSA) is 46.6 Å². The second-order valence-electron chi connectivity index (χ2n) is 2.59. The molecule has 0 fully saturated rings. The number of nitrogens with zero attached hydrogens (tertiary/aromatic N) is 2. The molecule has 0 aromatic rings. The second-order valence-corrected chi connectivity index (χ2v) is 2.59. The molecule has 1 rings (SSSR count). The molecule has 0 aromatic heterocycles. The van der Waals surface area contributed by atoms with Crippen molar-refractivity contribution in [2.24, 2.45) is 0 Å². The van der Waals surface area contributed by atoms with Gasteiger partial charge >= 0.3 is 29.6 Å². The molecule has 0 aliphatic carbocycles. The van der Waals surface area contributed by atoms with Gasteiger partial charge in [0.05, 0.1) is 6.67 Å². The Morgan fingerprint density at radius 3 is 2.15 bits per heavy atom. The van der Waals surface area contributed by atoms with E-state index < -0.39 is 5.97 Å². The summed E-state index contributed by atoms with van der Waals surface area (Å²) >= 11 is 0. The first-order chi connectivity index (χ1) is 5.56. The summed E-state index contributed by atoms with van der Waals surface area (Å²) in [6.45, 7) is 5.29. The van der Waals surface area contributed by atoms with Crippen LogP contribution in [0.3, 0.4) is 0 Å². The monoisotopic (exact) mass is 194 g/mol. The normalized spacial score (nSPS) is 13.2. The molecule has 0 spiro atoms. The maximum atomic E-state index is 8.89. The Morgan fingerprint density at radius 1 is 1.54 bits per heavy atom. The van der Waals surface area contributed by atoms with Crippen LogP contribution in [0.4, 0.5) is 0 Å². The number of hydrogen-bond donors (Lipinski definition) is 0. The van der Waals surface area contributed by atoms with Crippen LogP contribution in [0.15, 0.2) is 12.4 Å². The molecule has 0 N–H and O–H groups in total. The molecule has 0 atom stereocenters. The summed E-state index contributed by atoms with van der Waals surface area (Å²) in [7, 11) is 2.08. The first-order valence-electron chi connectivity index (χ1n) is 3.86. The number of aliphatic carboxylic acids is 1. The molecule has 0 bridgehead atoms. The molecule has 1 aliphatic heterocycles. The van der Waals surface area contributed by atoms with Crippen molar-refractivity contribution >= 4 is 5.97 Å². The molecule has 0 saturated carbocycles. The summed E-state index contributed by atoms with van der Waals surface area (Å²) in [5.74, 6) is -1.08. The number of carboxylic acids is 1. The third kappa shape index (κ3) is 9.73. The van der Waals surface area contributed by atoms with Gasteiger partial charge in [-0.15, -0.1) is 0 Å². The molecule has 0 radical (unpaired) electrons. The average Bonchev–Trinajstić information content (AvgIpc) is 2.34. The SMILES string of the molecule is CC(=O)[O-].CCN1C=CN(C)C1.[Na+]. The Labute approximate surface area is 101 Å². The average molecular weight is 194 g/mol. The predicted molar refractivity (Wildman–Crippen MR) is 44.8 cm³/mol. The molecule has 0 unspecified atom stereocenters. The summed E-state index contributed by atoms with van der Waals surface area (Å²) < 4.78 is 0. The molecule has 13 heavy (non-hydrogen) atoms. The smallest absolute Gasteiger partial charge is 0.550 e. The molecule has 0 saturated heterocycles. The van der Waals surface area contributed by atoms with E-state index in [2.05, 4.69) is 36.2 Å². The van der Waals surface area contributed by atoms with Crippen molar-refractivity contribution in [3.63, 3.8) is 0 Å². The largest absolute Gasteiger partial charge is 1.00 e. The van der Waals surface area contributed by atoms with Gasteiger partial charge in [0.1, 0.15) is 0 Å². The zero-order valence-electron chi connectivity index (χ0n) is 8.78. The van der Waals surface area contributed by atoms with Gasteiger partial charge in [-0.1, -0.05) is 0 Å². The minimum atomic E-state index is -1.08. The number of carboxylic acid groups (broad SMARTS) is 1. The Balaban J connectivity index is 0. The molecule has 70 valence electrons. The van der Waals surface area contributed by atoms with Crippen LogP contribution in [-0.2, 0) is 4.79 Å². The Kier molecular flexibility index (Phi) is 9.89. The number of hydrogen-bond acceptors (Lipinski definition) is 4. The zero-order valence-corrected chi connectivity index (χ0v) is 10.8. The summed E-state index contributed by atoms with van der Waals surface area (Å²) in [5, 5.41) is 8.89. The van der Waals surface area contributed by atoms with E-state index in [-0.39, 0.29) is 29.6 Å². The molecule has 1 aliphatic rings. The van der Waals surface area contributed by atoms with Gasteiger partial charge in [0.25, 0.3) is 0 Å². The van der Waals surface area contributed by atoms with Gasteiger partial charge in [0, 0.05) is 32.0 Å². The van der Waals surface area contributed by atoms with Gasteiger partial charge in [-0.2, -0.15) is 0 Å². The summed E-state index contributed by atoms with van der Waals surface area (Å²) in [6.07, 6.45) is 4.20. The third-order valence-corrected chi connectivity index (χ3v) is 1.34. The molecule has 4 nitrogen and oxygen atoms in total. The van der Waals surface area contributed by atoms with Crippen molar-refractivity contribution in [2.75, 3.05) is 20.3 Å². The second kappa shape index (κ2) is 8.41. The minimum Gasteiger partial charge on any atom is -0.550 e.